The average Bonchev–Trinajstić information content (AvgIpc) is 2.82. The summed E-state index contributed by atoms with van der Waals surface area (Å²) in [4.78, 5) is 4.32. The molecule has 3 N–H and O–H groups in total. The van der Waals surface area contributed by atoms with Gasteiger partial charge in [-0.05, 0) is 25.1 Å². The molecule has 2 heterocycles. The summed E-state index contributed by atoms with van der Waals surface area (Å²) in [6.45, 7) is 1.97. The molecule has 0 atom stereocenters. The first-order valence-electron chi connectivity index (χ1n) is 6.19. The van der Waals surface area contributed by atoms with Crippen molar-refractivity contribution in [3.63, 3.8) is 0 Å². The van der Waals surface area contributed by atoms with Gasteiger partial charge >= 0.3 is 0 Å². The number of anilines is 1. The van der Waals surface area contributed by atoms with Gasteiger partial charge in [0.05, 0.1) is 11.3 Å². The molecule has 4 nitrogen and oxygen atoms in total. The minimum atomic E-state index is 0.482. The predicted octanol–water partition coefficient (Wildman–Crippen LogP) is 3.79. The number of nitrogens with one attached hydrogen (secondary N) is 1. The Hall–Kier alpha value is -2.14. The molecule has 3 rings (SSSR count). The van der Waals surface area contributed by atoms with Crippen LogP contribution in [0.2, 0.25) is 0 Å². The highest BCUT2D eigenvalue weighted by Gasteiger charge is 2.17. The first kappa shape index (κ1) is 12.9. The van der Waals surface area contributed by atoms with E-state index in [1.165, 1.54) is 0 Å². The predicted molar refractivity (Wildman–Crippen MR) is 84.1 cm³/mol. The van der Waals surface area contributed by atoms with E-state index in [-0.39, 0.29) is 0 Å². The lowest BCUT2D eigenvalue weighted by Gasteiger charge is -2.08. The minimum absolute atomic E-state index is 0.482. The van der Waals surface area contributed by atoms with Crippen molar-refractivity contribution in [2.24, 2.45) is 0 Å². The van der Waals surface area contributed by atoms with E-state index in [0.717, 1.165) is 32.6 Å². The van der Waals surface area contributed by atoms with Gasteiger partial charge in [-0.2, -0.15) is 5.10 Å². The Bertz CT molecular complexity index is 764. The lowest BCUT2D eigenvalue weighted by Crippen LogP contribution is -1.91. The number of nitrogens with zero attached hydrogens (tertiary/aromatic N) is 2. The number of hydrogen-bond donors (Lipinski definition) is 2. The lowest BCUT2D eigenvalue weighted by molar-refractivity contribution is 1.09. The number of aromatic amines is 1. The molecule has 0 spiro atoms. The van der Waals surface area contributed by atoms with E-state index in [9.17, 15) is 0 Å². The van der Waals surface area contributed by atoms with Gasteiger partial charge in [0.15, 0.2) is 5.82 Å². The third-order valence-corrected chi connectivity index (χ3v) is 3.91. The van der Waals surface area contributed by atoms with Gasteiger partial charge in [0.25, 0.3) is 0 Å². The molecule has 0 aliphatic rings. The quantitative estimate of drug-likeness (QED) is 0.752. The number of aromatic nitrogens is 3. The molecule has 0 saturated heterocycles. The highest BCUT2D eigenvalue weighted by molar-refractivity contribution is 9.10. The van der Waals surface area contributed by atoms with Gasteiger partial charge in [0, 0.05) is 27.5 Å². The van der Waals surface area contributed by atoms with Crippen molar-refractivity contribution in [2.45, 2.75) is 6.92 Å². The Morgan fingerprint density at radius 3 is 2.60 bits per heavy atom. The third kappa shape index (κ3) is 2.10. The maximum atomic E-state index is 6.05. The zero-order valence-electron chi connectivity index (χ0n) is 10.9. The molecule has 20 heavy (non-hydrogen) atoms. The maximum Gasteiger partial charge on any atom is 0.153 e. The number of H-pyrrole nitrogens is 1. The number of rotatable bonds is 2. The molecule has 0 unspecified atom stereocenters. The summed E-state index contributed by atoms with van der Waals surface area (Å²) in [5.41, 5.74) is 10.8. The van der Waals surface area contributed by atoms with E-state index in [2.05, 4.69) is 31.1 Å². The monoisotopic (exact) mass is 328 g/mol. The number of nitrogens with two attached hydrogens (primary N) is 1. The van der Waals surface area contributed by atoms with Crippen LogP contribution in [0.4, 0.5) is 5.82 Å². The van der Waals surface area contributed by atoms with Gasteiger partial charge in [-0.15, -0.1) is 0 Å². The van der Waals surface area contributed by atoms with E-state index >= 15 is 0 Å². The Morgan fingerprint density at radius 2 is 1.85 bits per heavy atom. The summed E-state index contributed by atoms with van der Waals surface area (Å²) in [6.07, 6.45) is 1.77. The fourth-order valence-corrected chi connectivity index (χ4v) is 2.72. The summed E-state index contributed by atoms with van der Waals surface area (Å²) < 4.78 is 0.982. The molecular weight excluding hydrogens is 316 g/mol. The van der Waals surface area contributed by atoms with Crippen molar-refractivity contribution in [3.05, 3.63) is 52.8 Å². The molecule has 0 amide bonds. The third-order valence-electron chi connectivity index (χ3n) is 3.21. The van der Waals surface area contributed by atoms with Crippen molar-refractivity contribution >= 4 is 21.7 Å². The number of aryl methyl sites for hydroxylation is 1. The second-order valence-electron chi connectivity index (χ2n) is 4.48. The lowest BCUT2D eigenvalue weighted by atomic mass is 10.0. The zero-order chi connectivity index (χ0) is 14.1. The van der Waals surface area contributed by atoms with E-state index in [4.69, 9.17) is 5.73 Å². The van der Waals surface area contributed by atoms with Crippen LogP contribution in [0.15, 0.2) is 47.1 Å². The van der Waals surface area contributed by atoms with Gasteiger partial charge in [-0.25, -0.2) is 0 Å². The van der Waals surface area contributed by atoms with Crippen LogP contribution in [-0.4, -0.2) is 15.2 Å². The molecule has 5 heteroatoms. The molecule has 1 aromatic carbocycles. The Kier molecular flexibility index (Phi) is 3.28. The number of nitrogen functional groups attached to an aromatic ring is 1. The molecule has 2 aromatic heterocycles. The molecule has 3 aromatic rings. The normalized spacial score (nSPS) is 10.7. The molecule has 0 aliphatic carbocycles. The first-order chi connectivity index (χ1) is 9.68. The topological polar surface area (TPSA) is 67.6 Å². The van der Waals surface area contributed by atoms with E-state index in [1.807, 2.05) is 43.3 Å². The maximum absolute atomic E-state index is 6.05. The van der Waals surface area contributed by atoms with E-state index in [1.54, 1.807) is 6.20 Å². The van der Waals surface area contributed by atoms with Crippen molar-refractivity contribution in [1.29, 1.82) is 0 Å². The second kappa shape index (κ2) is 5.09. The van der Waals surface area contributed by atoms with Crippen LogP contribution in [0.3, 0.4) is 0 Å². The van der Waals surface area contributed by atoms with Crippen LogP contribution < -0.4 is 5.73 Å². The van der Waals surface area contributed by atoms with Crippen LogP contribution >= 0.6 is 15.9 Å². The van der Waals surface area contributed by atoms with Gasteiger partial charge in [0.2, 0.25) is 0 Å². The van der Waals surface area contributed by atoms with Crippen LogP contribution in [0.25, 0.3) is 22.4 Å². The van der Waals surface area contributed by atoms with Crippen LogP contribution in [0.5, 0.6) is 0 Å². The fraction of sp³-hybridized carbons (Fsp3) is 0.0667. The molecule has 0 fully saturated rings. The van der Waals surface area contributed by atoms with Crippen LogP contribution in [-0.2, 0) is 0 Å². The zero-order valence-corrected chi connectivity index (χ0v) is 12.5. The van der Waals surface area contributed by atoms with Crippen LogP contribution in [0, 0.1) is 6.92 Å². The summed E-state index contributed by atoms with van der Waals surface area (Å²) in [5.74, 6) is 0.482. The van der Waals surface area contributed by atoms with Crippen LogP contribution in [0.1, 0.15) is 5.69 Å². The van der Waals surface area contributed by atoms with Crippen molar-refractivity contribution in [1.82, 2.24) is 15.2 Å². The smallest absolute Gasteiger partial charge is 0.153 e. The largest absolute Gasteiger partial charge is 0.382 e. The van der Waals surface area contributed by atoms with Gasteiger partial charge in [0.1, 0.15) is 0 Å². The molecule has 0 aliphatic heterocycles. The van der Waals surface area contributed by atoms with Crippen molar-refractivity contribution in [2.75, 3.05) is 5.73 Å². The standard InChI is InChI=1S/C15H13BrN4/c1-9-10(6-4-8-18-9)14-13(15(17)20-19-14)11-5-2-3-7-12(11)16/h2-8H,1H3,(H3,17,19,20). The second-order valence-corrected chi connectivity index (χ2v) is 5.33. The summed E-state index contributed by atoms with van der Waals surface area (Å²) in [7, 11) is 0. The number of benzene rings is 1. The fourth-order valence-electron chi connectivity index (χ4n) is 2.24. The van der Waals surface area contributed by atoms with E-state index < -0.39 is 0 Å². The van der Waals surface area contributed by atoms with Crippen molar-refractivity contribution in [3.8, 4) is 22.4 Å². The SMILES string of the molecule is Cc1ncccc1-c1[nH]nc(N)c1-c1ccccc1Br. The Labute approximate surface area is 125 Å². The Balaban J connectivity index is 2.26. The summed E-state index contributed by atoms with van der Waals surface area (Å²) >= 11 is 3.56. The summed E-state index contributed by atoms with van der Waals surface area (Å²) in [6, 6.07) is 11.9. The van der Waals surface area contributed by atoms with E-state index in [0.29, 0.717) is 5.82 Å². The van der Waals surface area contributed by atoms with Gasteiger partial charge < -0.3 is 5.73 Å². The number of halogens is 1. The van der Waals surface area contributed by atoms with Crippen molar-refractivity contribution < 1.29 is 0 Å². The van der Waals surface area contributed by atoms with Gasteiger partial charge in [-0.1, -0.05) is 34.1 Å². The molecular formula is C15H13BrN4. The number of hydrogen-bond acceptors (Lipinski definition) is 3. The molecule has 0 saturated carbocycles. The number of pyridine rings is 1. The highest BCUT2D eigenvalue weighted by Crippen LogP contribution is 2.38. The minimum Gasteiger partial charge on any atom is -0.382 e. The molecule has 100 valence electrons. The average molecular weight is 329 g/mol. The molecule has 0 radical (unpaired) electrons. The van der Waals surface area contributed by atoms with Gasteiger partial charge in [-0.3, -0.25) is 10.1 Å². The highest BCUT2D eigenvalue weighted by atomic mass is 79.9. The first-order valence-corrected chi connectivity index (χ1v) is 6.98. The molecule has 0 bridgehead atoms. The Morgan fingerprint density at radius 1 is 1.10 bits per heavy atom. The summed E-state index contributed by atoms with van der Waals surface area (Å²) in [5, 5.41) is 7.18.